The van der Waals surface area contributed by atoms with Crippen molar-refractivity contribution >= 4 is 11.6 Å². The second-order valence-electron chi connectivity index (χ2n) is 7.70. The zero-order chi connectivity index (χ0) is 19.6. The van der Waals surface area contributed by atoms with Gasteiger partial charge in [-0.25, -0.2) is 0 Å². The molecule has 4 nitrogen and oxygen atoms in total. The van der Waals surface area contributed by atoms with E-state index in [9.17, 15) is 18.0 Å². The van der Waals surface area contributed by atoms with Gasteiger partial charge >= 0.3 is 6.18 Å². The SMILES string of the molecule is CC(C)N1CCN(c2ccc(C(=O)N3CCCCC3)cc2C(F)(F)F)CC1. The third-order valence-electron chi connectivity index (χ3n) is 5.58. The third-order valence-corrected chi connectivity index (χ3v) is 5.58. The molecule has 2 fully saturated rings. The van der Waals surface area contributed by atoms with E-state index in [2.05, 4.69) is 18.7 Å². The molecule has 0 atom stereocenters. The van der Waals surface area contributed by atoms with Crippen LogP contribution in [0.25, 0.3) is 0 Å². The fraction of sp³-hybridized carbons (Fsp3) is 0.650. The van der Waals surface area contributed by atoms with Crippen LogP contribution in [0.15, 0.2) is 18.2 Å². The summed E-state index contributed by atoms with van der Waals surface area (Å²) in [5.74, 6) is -0.295. The monoisotopic (exact) mass is 383 g/mol. The minimum absolute atomic E-state index is 0.133. The summed E-state index contributed by atoms with van der Waals surface area (Å²) in [6.45, 7) is 8.03. The van der Waals surface area contributed by atoms with Crippen LogP contribution in [0.5, 0.6) is 0 Å². The fourth-order valence-electron chi connectivity index (χ4n) is 3.93. The quantitative estimate of drug-likeness (QED) is 0.793. The molecule has 3 rings (SSSR count). The van der Waals surface area contributed by atoms with Gasteiger partial charge in [-0.1, -0.05) is 0 Å². The standard InChI is InChI=1S/C20H28F3N3O/c1-15(2)24-10-12-25(13-11-24)18-7-6-16(14-17(18)20(21,22)23)19(27)26-8-4-3-5-9-26/h6-7,14-15H,3-5,8-13H2,1-2H3. The lowest BCUT2D eigenvalue weighted by Gasteiger charge is -2.39. The first-order valence-electron chi connectivity index (χ1n) is 9.77. The maximum Gasteiger partial charge on any atom is 0.418 e. The van der Waals surface area contributed by atoms with Crippen LogP contribution in [0, 0.1) is 0 Å². The smallest absolute Gasteiger partial charge is 0.368 e. The Morgan fingerprint density at radius 3 is 2.15 bits per heavy atom. The Bertz CT molecular complexity index is 661. The van der Waals surface area contributed by atoms with Gasteiger partial charge in [0.25, 0.3) is 5.91 Å². The van der Waals surface area contributed by atoms with Gasteiger partial charge in [0, 0.05) is 56.6 Å². The highest BCUT2D eigenvalue weighted by atomic mass is 19.4. The molecule has 1 amide bonds. The normalized spacial score (nSPS) is 19.6. The Kier molecular flexibility index (Phi) is 5.99. The molecule has 2 saturated heterocycles. The lowest BCUT2D eigenvalue weighted by molar-refractivity contribution is -0.137. The van der Waals surface area contributed by atoms with Gasteiger partial charge in [-0.3, -0.25) is 9.69 Å². The summed E-state index contributed by atoms with van der Waals surface area (Å²) in [7, 11) is 0. The molecule has 0 spiro atoms. The minimum Gasteiger partial charge on any atom is -0.368 e. The van der Waals surface area contributed by atoms with E-state index >= 15 is 0 Å². The van der Waals surface area contributed by atoms with Gasteiger partial charge in [0.15, 0.2) is 0 Å². The van der Waals surface area contributed by atoms with Crippen molar-refractivity contribution in [3.63, 3.8) is 0 Å². The number of benzene rings is 1. The van der Waals surface area contributed by atoms with E-state index < -0.39 is 11.7 Å². The Labute approximate surface area is 158 Å². The van der Waals surface area contributed by atoms with Crippen LogP contribution in [-0.4, -0.2) is 61.0 Å². The Morgan fingerprint density at radius 2 is 1.59 bits per heavy atom. The van der Waals surface area contributed by atoms with Crippen LogP contribution in [0.2, 0.25) is 0 Å². The van der Waals surface area contributed by atoms with Gasteiger partial charge in [-0.05, 0) is 51.3 Å². The Morgan fingerprint density at radius 1 is 0.963 bits per heavy atom. The van der Waals surface area contributed by atoms with Crippen LogP contribution in [0.3, 0.4) is 0 Å². The number of piperidine rings is 1. The van der Waals surface area contributed by atoms with Crippen LogP contribution in [-0.2, 0) is 6.18 Å². The number of carbonyl (C=O) groups excluding carboxylic acids is 1. The maximum absolute atomic E-state index is 13.7. The average molecular weight is 383 g/mol. The van der Waals surface area contributed by atoms with Crippen molar-refractivity contribution in [2.45, 2.75) is 45.3 Å². The molecular weight excluding hydrogens is 355 g/mol. The van der Waals surface area contributed by atoms with Crippen molar-refractivity contribution in [2.75, 3.05) is 44.2 Å². The highest BCUT2D eigenvalue weighted by molar-refractivity contribution is 5.95. The summed E-state index contributed by atoms with van der Waals surface area (Å²) in [5, 5.41) is 0. The van der Waals surface area contributed by atoms with Crippen LogP contribution < -0.4 is 4.90 Å². The van der Waals surface area contributed by atoms with E-state index in [0.717, 1.165) is 38.4 Å². The van der Waals surface area contributed by atoms with Crippen LogP contribution in [0.4, 0.5) is 18.9 Å². The number of piperazine rings is 1. The second-order valence-corrected chi connectivity index (χ2v) is 7.70. The lowest BCUT2D eigenvalue weighted by Crippen LogP contribution is -2.49. The van der Waals surface area contributed by atoms with Gasteiger partial charge in [-0.15, -0.1) is 0 Å². The molecule has 7 heteroatoms. The number of carbonyl (C=O) groups is 1. The predicted molar refractivity (Wildman–Crippen MR) is 100 cm³/mol. The largest absolute Gasteiger partial charge is 0.418 e. The van der Waals surface area contributed by atoms with Gasteiger partial charge in [-0.2, -0.15) is 13.2 Å². The first-order chi connectivity index (χ1) is 12.8. The first-order valence-corrected chi connectivity index (χ1v) is 9.77. The summed E-state index contributed by atoms with van der Waals surface area (Å²) in [6.07, 6.45) is -1.59. The van der Waals surface area contributed by atoms with E-state index in [-0.39, 0.29) is 17.2 Å². The number of anilines is 1. The zero-order valence-electron chi connectivity index (χ0n) is 16.1. The number of halogens is 3. The molecule has 2 aliphatic heterocycles. The predicted octanol–water partition coefficient (Wildman–Crippen LogP) is 3.86. The molecule has 2 aliphatic rings. The van der Waals surface area contributed by atoms with Crippen LogP contribution in [0.1, 0.15) is 49.0 Å². The van der Waals surface area contributed by atoms with Crippen molar-refractivity contribution in [3.8, 4) is 0 Å². The Balaban J connectivity index is 1.84. The van der Waals surface area contributed by atoms with Crippen molar-refractivity contribution in [2.24, 2.45) is 0 Å². The highest BCUT2D eigenvalue weighted by Crippen LogP contribution is 2.38. The molecule has 1 aromatic carbocycles. The van der Waals surface area contributed by atoms with E-state index in [1.807, 2.05) is 0 Å². The van der Waals surface area contributed by atoms with Gasteiger partial charge < -0.3 is 9.80 Å². The summed E-state index contributed by atoms with van der Waals surface area (Å²) >= 11 is 0. The zero-order valence-corrected chi connectivity index (χ0v) is 16.1. The minimum atomic E-state index is -4.48. The molecule has 0 radical (unpaired) electrons. The lowest BCUT2D eigenvalue weighted by atomic mass is 10.0. The summed E-state index contributed by atoms with van der Waals surface area (Å²) < 4.78 is 41.2. The number of nitrogens with zero attached hydrogens (tertiary/aromatic N) is 3. The number of hydrogen-bond acceptors (Lipinski definition) is 3. The molecule has 0 aliphatic carbocycles. The molecule has 0 aromatic heterocycles. The van der Waals surface area contributed by atoms with Gasteiger partial charge in [0.2, 0.25) is 0 Å². The van der Waals surface area contributed by atoms with E-state index in [4.69, 9.17) is 0 Å². The molecule has 0 N–H and O–H groups in total. The van der Waals surface area contributed by atoms with Crippen LogP contribution >= 0.6 is 0 Å². The van der Waals surface area contributed by atoms with Gasteiger partial charge in [0.05, 0.1) is 5.56 Å². The number of amides is 1. The molecule has 2 heterocycles. The second kappa shape index (κ2) is 8.09. The number of hydrogen-bond donors (Lipinski definition) is 0. The average Bonchev–Trinajstić information content (AvgIpc) is 2.67. The summed E-state index contributed by atoms with van der Waals surface area (Å²) in [6, 6.07) is 4.46. The summed E-state index contributed by atoms with van der Waals surface area (Å²) in [4.78, 5) is 18.3. The fourth-order valence-corrected chi connectivity index (χ4v) is 3.93. The van der Waals surface area contributed by atoms with Crippen molar-refractivity contribution < 1.29 is 18.0 Å². The summed E-state index contributed by atoms with van der Waals surface area (Å²) in [5.41, 5.74) is -0.391. The molecule has 0 unspecified atom stereocenters. The van der Waals surface area contributed by atoms with E-state index in [1.165, 1.54) is 6.07 Å². The number of likely N-dealkylation sites (tertiary alicyclic amines) is 1. The van der Waals surface area contributed by atoms with E-state index in [1.54, 1.807) is 15.9 Å². The van der Waals surface area contributed by atoms with E-state index in [0.29, 0.717) is 32.2 Å². The molecule has 150 valence electrons. The van der Waals surface area contributed by atoms with Gasteiger partial charge in [0.1, 0.15) is 0 Å². The highest BCUT2D eigenvalue weighted by Gasteiger charge is 2.36. The molecule has 0 saturated carbocycles. The molecular formula is C20H28F3N3O. The third kappa shape index (κ3) is 4.57. The number of rotatable bonds is 3. The first kappa shape index (κ1) is 20.0. The molecule has 27 heavy (non-hydrogen) atoms. The topological polar surface area (TPSA) is 26.8 Å². The van der Waals surface area contributed by atoms with Crippen molar-refractivity contribution in [1.82, 2.24) is 9.80 Å². The molecule has 1 aromatic rings. The Hall–Kier alpha value is -1.76. The number of alkyl halides is 3. The maximum atomic E-state index is 13.7. The van der Waals surface area contributed by atoms with Crippen molar-refractivity contribution in [3.05, 3.63) is 29.3 Å². The molecule has 0 bridgehead atoms. The van der Waals surface area contributed by atoms with Crippen molar-refractivity contribution in [1.29, 1.82) is 0 Å².